The van der Waals surface area contributed by atoms with E-state index in [-0.39, 0.29) is 32.0 Å². The van der Waals surface area contributed by atoms with Crippen molar-refractivity contribution in [2.24, 2.45) is 0 Å². The number of nitrogens with zero attached hydrogens (tertiary/aromatic N) is 1. The summed E-state index contributed by atoms with van der Waals surface area (Å²) in [6.07, 6.45) is 90.8. The molecule has 2 atom stereocenters. The van der Waals surface area contributed by atoms with E-state index in [4.69, 9.17) is 18.5 Å². The Bertz CT molecular complexity index is 1620. The third-order valence-electron chi connectivity index (χ3n) is 17.3. The molecule has 0 aromatic heterocycles. The number of esters is 2. The smallest absolute Gasteiger partial charge is 0.306 e. The SMILES string of the molecule is CCCCCCC/C=C\C/C=C\C/C=C\CCCCCCCCCCCCCCCCCCCCCCCCC(=O)OC(COC(=O)CCCCCCCCCCCCCCCCC/C=C\CCCCCCCCCC)COP(=O)([O-])OCC[N+](C)(C)C. The van der Waals surface area contributed by atoms with Crippen molar-refractivity contribution >= 4 is 19.8 Å². The summed E-state index contributed by atoms with van der Waals surface area (Å²) >= 11 is 0. The number of rotatable bonds is 72. The first kappa shape index (κ1) is 86.0. The molecule has 0 N–H and O–H groups in total. The van der Waals surface area contributed by atoms with E-state index >= 15 is 0 Å². The lowest BCUT2D eigenvalue weighted by atomic mass is 10.0. The number of hydrogen-bond acceptors (Lipinski definition) is 8. The summed E-state index contributed by atoms with van der Waals surface area (Å²) in [6.45, 7) is 4.30. The number of phosphoric acid groups is 1. The number of likely N-dealkylation sites (N-methyl/N-ethyl adjacent to an activating group) is 1. The first-order valence-corrected chi connectivity index (χ1v) is 39.8. The fourth-order valence-electron chi connectivity index (χ4n) is 11.4. The zero-order valence-electron chi connectivity index (χ0n) is 59.2. The number of quaternary nitrogens is 1. The van der Waals surface area contributed by atoms with Crippen LogP contribution in [0.5, 0.6) is 0 Å². The average molecular weight is 1260 g/mol. The molecule has 0 aliphatic rings. The van der Waals surface area contributed by atoms with Gasteiger partial charge in [-0.25, -0.2) is 0 Å². The molecule has 518 valence electrons. The predicted octanol–water partition coefficient (Wildman–Crippen LogP) is 24.5. The number of carbonyl (C=O) groups is 2. The van der Waals surface area contributed by atoms with Crippen molar-refractivity contribution in [3.8, 4) is 0 Å². The van der Waals surface area contributed by atoms with Gasteiger partial charge in [-0.15, -0.1) is 0 Å². The Morgan fingerprint density at radius 2 is 0.614 bits per heavy atom. The molecule has 10 heteroatoms. The summed E-state index contributed by atoms with van der Waals surface area (Å²) in [6, 6.07) is 0. The Kier molecular flexibility index (Phi) is 67.7. The first-order valence-electron chi connectivity index (χ1n) is 38.3. The highest BCUT2D eigenvalue weighted by Gasteiger charge is 2.22. The largest absolute Gasteiger partial charge is 0.756 e. The van der Waals surface area contributed by atoms with Gasteiger partial charge in [-0.2, -0.15) is 0 Å². The Morgan fingerprint density at radius 3 is 0.920 bits per heavy atom. The van der Waals surface area contributed by atoms with Crippen LogP contribution < -0.4 is 4.89 Å². The third-order valence-corrected chi connectivity index (χ3v) is 18.3. The Hall–Kier alpha value is -2.03. The first-order chi connectivity index (χ1) is 43.0. The van der Waals surface area contributed by atoms with Gasteiger partial charge in [0.05, 0.1) is 27.7 Å². The zero-order valence-corrected chi connectivity index (χ0v) is 60.1. The van der Waals surface area contributed by atoms with Gasteiger partial charge >= 0.3 is 11.9 Å². The number of phosphoric ester groups is 1. The third kappa shape index (κ3) is 73.0. The number of hydrogen-bond donors (Lipinski definition) is 0. The van der Waals surface area contributed by atoms with Crippen molar-refractivity contribution in [1.82, 2.24) is 0 Å². The highest BCUT2D eigenvalue weighted by molar-refractivity contribution is 7.45. The van der Waals surface area contributed by atoms with Gasteiger partial charge in [0.2, 0.25) is 0 Å². The monoisotopic (exact) mass is 1260 g/mol. The van der Waals surface area contributed by atoms with E-state index in [2.05, 4.69) is 62.5 Å². The van der Waals surface area contributed by atoms with E-state index in [1.165, 1.54) is 308 Å². The molecule has 0 spiro atoms. The molecule has 0 saturated heterocycles. The lowest BCUT2D eigenvalue weighted by Gasteiger charge is -2.28. The summed E-state index contributed by atoms with van der Waals surface area (Å²) < 4.78 is 34.4. The normalized spacial score (nSPS) is 13.3. The van der Waals surface area contributed by atoms with Crippen LogP contribution in [0, 0.1) is 0 Å². The average Bonchev–Trinajstić information content (AvgIpc) is 3.68. The second-order valence-electron chi connectivity index (χ2n) is 27.4. The minimum absolute atomic E-state index is 0.0283. The fourth-order valence-corrected chi connectivity index (χ4v) is 12.2. The topological polar surface area (TPSA) is 111 Å². The van der Waals surface area contributed by atoms with Crippen LogP contribution >= 0.6 is 7.82 Å². The molecule has 0 aromatic carbocycles. The van der Waals surface area contributed by atoms with Crippen molar-refractivity contribution in [2.45, 2.75) is 392 Å². The summed E-state index contributed by atoms with van der Waals surface area (Å²) in [4.78, 5) is 38.1. The second-order valence-corrected chi connectivity index (χ2v) is 28.8. The van der Waals surface area contributed by atoms with Crippen LogP contribution in [-0.4, -0.2) is 70.0 Å². The van der Waals surface area contributed by atoms with Crippen molar-refractivity contribution in [2.75, 3.05) is 47.5 Å². The number of ether oxygens (including phenoxy) is 2. The molecular weight excluding hydrogens is 1110 g/mol. The molecule has 9 nitrogen and oxygen atoms in total. The van der Waals surface area contributed by atoms with Crippen LogP contribution in [0.15, 0.2) is 48.6 Å². The van der Waals surface area contributed by atoms with Gasteiger partial charge in [0.1, 0.15) is 19.8 Å². The molecule has 0 aromatic rings. The van der Waals surface area contributed by atoms with E-state index in [9.17, 15) is 19.0 Å². The highest BCUT2D eigenvalue weighted by Crippen LogP contribution is 2.38. The number of allylic oxidation sites excluding steroid dienone is 8. The summed E-state index contributed by atoms with van der Waals surface area (Å²) in [5.74, 6) is -0.811. The van der Waals surface area contributed by atoms with Gasteiger partial charge in [0.25, 0.3) is 7.82 Å². The summed E-state index contributed by atoms with van der Waals surface area (Å²) in [7, 11) is 1.19. The molecule has 0 fully saturated rings. The fraction of sp³-hybridized carbons (Fsp3) is 0.872. The molecule has 88 heavy (non-hydrogen) atoms. The van der Waals surface area contributed by atoms with Crippen LogP contribution in [0.1, 0.15) is 386 Å². The molecular formula is C78H148NO8P. The van der Waals surface area contributed by atoms with E-state index < -0.39 is 26.5 Å². The van der Waals surface area contributed by atoms with Gasteiger partial charge < -0.3 is 27.9 Å². The molecule has 0 aliphatic carbocycles. The highest BCUT2D eigenvalue weighted by atomic mass is 31.2. The Labute approximate surface area is 547 Å². The minimum Gasteiger partial charge on any atom is -0.756 e. The van der Waals surface area contributed by atoms with E-state index in [1.807, 2.05) is 21.1 Å². The van der Waals surface area contributed by atoms with Crippen molar-refractivity contribution < 1.29 is 42.1 Å². The van der Waals surface area contributed by atoms with E-state index in [0.717, 1.165) is 44.9 Å². The lowest BCUT2D eigenvalue weighted by molar-refractivity contribution is -0.870. The van der Waals surface area contributed by atoms with Gasteiger partial charge in [0, 0.05) is 12.8 Å². The Morgan fingerprint density at radius 1 is 0.352 bits per heavy atom. The molecule has 0 amide bonds. The Balaban J connectivity index is 3.94. The van der Waals surface area contributed by atoms with Crippen LogP contribution in [0.2, 0.25) is 0 Å². The van der Waals surface area contributed by atoms with E-state index in [1.54, 1.807) is 0 Å². The zero-order chi connectivity index (χ0) is 64.1. The maximum atomic E-state index is 12.9. The van der Waals surface area contributed by atoms with Crippen LogP contribution in [0.4, 0.5) is 0 Å². The lowest BCUT2D eigenvalue weighted by Crippen LogP contribution is -2.37. The van der Waals surface area contributed by atoms with Crippen LogP contribution in [0.3, 0.4) is 0 Å². The minimum atomic E-state index is -4.64. The number of carbonyl (C=O) groups excluding carboxylic acids is 2. The molecule has 0 heterocycles. The molecule has 0 bridgehead atoms. The molecule has 0 aliphatic heterocycles. The molecule has 2 unspecified atom stereocenters. The van der Waals surface area contributed by atoms with E-state index in [0.29, 0.717) is 17.4 Å². The summed E-state index contributed by atoms with van der Waals surface area (Å²) in [5, 5.41) is 0. The summed E-state index contributed by atoms with van der Waals surface area (Å²) in [5.41, 5.74) is 0. The van der Waals surface area contributed by atoms with Crippen molar-refractivity contribution in [1.29, 1.82) is 0 Å². The van der Waals surface area contributed by atoms with Gasteiger partial charge in [-0.1, -0.05) is 345 Å². The van der Waals surface area contributed by atoms with Crippen molar-refractivity contribution in [3.63, 3.8) is 0 Å². The van der Waals surface area contributed by atoms with Gasteiger partial charge in [0.15, 0.2) is 6.10 Å². The standard InChI is InChI=1S/C78H148NO8P/c1-6-8-10-12-14-16-18-20-22-24-26-28-30-32-34-35-36-37-38-39-40-41-42-43-45-47-49-51-53-55-57-59-61-63-65-67-69-71-78(81)87-76(75-86-88(82,83)85-73-72-79(3,4)5)74-84-77(80)70-68-66-64-62-60-58-56-54-52-50-48-46-44-33-31-29-27-25-23-21-19-17-15-13-11-9-7-2/h18,20,24-27,30,32,76H,6-17,19,21-23,28-29,31,33-75H2,1-5H3/b20-18-,26-24-,27-25-,32-30-. The van der Waals surface area contributed by atoms with Gasteiger partial charge in [-0.05, 0) is 77.0 Å². The van der Waals surface area contributed by atoms with Crippen LogP contribution in [-0.2, 0) is 32.7 Å². The molecule has 0 saturated carbocycles. The number of unbranched alkanes of at least 4 members (excludes halogenated alkanes) is 50. The predicted molar refractivity (Wildman–Crippen MR) is 379 cm³/mol. The molecule has 0 rings (SSSR count). The van der Waals surface area contributed by atoms with Gasteiger partial charge in [-0.3, -0.25) is 14.2 Å². The maximum absolute atomic E-state index is 12.9. The van der Waals surface area contributed by atoms with Crippen LogP contribution in [0.25, 0.3) is 0 Å². The quantitative estimate of drug-likeness (QED) is 0.0195. The maximum Gasteiger partial charge on any atom is 0.306 e. The second kappa shape index (κ2) is 69.3. The van der Waals surface area contributed by atoms with Crippen molar-refractivity contribution in [3.05, 3.63) is 48.6 Å². The molecule has 0 radical (unpaired) electrons.